The molecule has 0 bridgehead atoms. The molecule has 22 heavy (non-hydrogen) atoms. The highest BCUT2D eigenvalue weighted by Gasteiger charge is 2.35. The minimum atomic E-state index is -0.944. The molecule has 0 aromatic heterocycles. The van der Waals surface area contributed by atoms with Crippen molar-refractivity contribution in [3.63, 3.8) is 0 Å². The van der Waals surface area contributed by atoms with Gasteiger partial charge in [-0.15, -0.1) is 0 Å². The summed E-state index contributed by atoms with van der Waals surface area (Å²) < 4.78 is 5.42. The van der Waals surface area contributed by atoms with Crippen molar-refractivity contribution in [2.24, 2.45) is 0 Å². The monoisotopic (exact) mass is 298 g/mol. The number of hydrogen-bond acceptors (Lipinski definition) is 2. The van der Waals surface area contributed by atoms with Crippen LogP contribution in [0.3, 0.4) is 0 Å². The summed E-state index contributed by atoms with van der Waals surface area (Å²) in [5.74, 6) is -0.0103. The van der Waals surface area contributed by atoms with Gasteiger partial charge in [-0.25, -0.2) is 0 Å². The van der Waals surface area contributed by atoms with E-state index in [1.165, 1.54) is 0 Å². The highest BCUT2D eigenvalue weighted by Crippen LogP contribution is 2.29. The summed E-state index contributed by atoms with van der Waals surface area (Å²) in [6.45, 7) is 6.33. The van der Waals surface area contributed by atoms with Crippen LogP contribution in [0.25, 0.3) is 0 Å². The van der Waals surface area contributed by atoms with Crippen molar-refractivity contribution in [3.8, 4) is 5.75 Å². The smallest absolute Gasteiger partial charge is 0.314 e. The summed E-state index contributed by atoms with van der Waals surface area (Å²) in [5, 5.41) is 9.73. The van der Waals surface area contributed by atoms with E-state index in [1.54, 1.807) is 6.92 Å². The van der Waals surface area contributed by atoms with Crippen LogP contribution in [0.15, 0.2) is 48.5 Å². The maximum absolute atomic E-state index is 11.9. The summed E-state index contributed by atoms with van der Waals surface area (Å²) in [5.41, 5.74) is 1.98. The molecule has 0 spiro atoms. The van der Waals surface area contributed by atoms with E-state index in [9.17, 15) is 9.90 Å². The van der Waals surface area contributed by atoms with E-state index >= 15 is 0 Å². The summed E-state index contributed by atoms with van der Waals surface area (Å²) >= 11 is 0. The van der Waals surface area contributed by atoms with Gasteiger partial charge in [-0.05, 0) is 50.5 Å². The van der Waals surface area contributed by atoms with E-state index in [4.69, 9.17) is 4.74 Å². The molecule has 0 aliphatic heterocycles. The molecule has 2 rings (SSSR count). The normalized spacial score (nSPS) is 13.4. The Labute approximate surface area is 131 Å². The minimum Gasteiger partial charge on any atom is -0.494 e. The lowest BCUT2D eigenvalue weighted by Gasteiger charge is -2.26. The van der Waals surface area contributed by atoms with Gasteiger partial charge in [-0.1, -0.05) is 42.0 Å². The minimum absolute atomic E-state index is 0.442. The third-order valence-corrected chi connectivity index (χ3v) is 3.95. The number of carboxylic acid groups (broad SMARTS) is 1. The fourth-order valence-electron chi connectivity index (χ4n) is 2.50. The fourth-order valence-corrected chi connectivity index (χ4v) is 2.50. The number of aliphatic carboxylic acids is 1. The molecule has 3 heteroatoms. The van der Waals surface area contributed by atoms with Crippen LogP contribution in [0.4, 0.5) is 0 Å². The SMILES string of the molecule is CCOc1ccc(CC(C)(C(=O)O)c2ccc(C)cc2)cc1. The van der Waals surface area contributed by atoms with Gasteiger partial charge in [0.15, 0.2) is 0 Å². The van der Waals surface area contributed by atoms with Gasteiger partial charge in [0.25, 0.3) is 0 Å². The van der Waals surface area contributed by atoms with Gasteiger partial charge in [-0.2, -0.15) is 0 Å². The van der Waals surface area contributed by atoms with E-state index in [0.29, 0.717) is 13.0 Å². The van der Waals surface area contributed by atoms with Gasteiger partial charge in [0.1, 0.15) is 5.75 Å². The first kappa shape index (κ1) is 16.1. The number of aryl methyl sites for hydroxylation is 1. The highest BCUT2D eigenvalue weighted by atomic mass is 16.5. The zero-order chi connectivity index (χ0) is 16.2. The third kappa shape index (κ3) is 3.48. The molecule has 1 unspecified atom stereocenters. The van der Waals surface area contributed by atoms with Crippen LogP contribution in [0, 0.1) is 6.92 Å². The van der Waals surface area contributed by atoms with Gasteiger partial charge < -0.3 is 9.84 Å². The predicted molar refractivity (Wildman–Crippen MR) is 87.5 cm³/mol. The van der Waals surface area contributed by atoms with E-state index in [1.807, 2.05) is 62.4 Å². The Hall–Kier alpha value is -2.29. The summed E-state index contributed by atoms with van der Waals surface area (Å²) in [7, 11) is 0. The topological polar surface area (TPSA) is 46.5 Å². The molecule has 3 nitrogen and oxygen atoms in total. The zero-order valence-corrected chi connectivity index (χ0v) is 13.3. The van der Waals surface area contributed by atoms with Gasteiger partial charge in [0, 0.05) is 0 Å². The van der Waals surface area contributed by atoms with Crippen LogP contribution < -0.4 is 4.74 Å². The maximum Gasteiger partial charge on any atom is 0.314 e. The van der Waals surface area contributed by atoms with Crippen molar-refractivity contribution in [1.29, 1.82) is 0 Å². The van der Waals surface area contributed by atoms with Gasteiger partial charge in [0.05, 0.1) is 12.0 Å². The lowest BCUT2D eigenvalue weighted by Crippen LogP contribution is -2.34. The highest BCUT2D eigenvalue weighted by molar-refractivity contribution is 5.81. The van der Waals surface area contributed by atoms with Crippen LogP contribution in [0.2, 0.25) is 0 Å². The summed E-state index contributed by atoms with van der Waals surface area (Å²) in [4.78, 5) is 11.9. The van der Waals surface area contributed by atoms with Crippen LogP contribution in [-0.4, -0.2) is 17.7 Å². The van der Waals surface area contributed by atoms with Gasteiger partial charge in [-0.3, -0.25) is 4.79 Å². The number of carboxylic acids is 1. The lowest BCUT2D eigenvalue weighted by atomic mass is 9.77. The van der Waals surface area contributed by atoms with Crippen molar-refractivity contribution >= 4 is 5.97 Å². The number of rotatable bonds is 6. The number of benzene rings is 2. The molecule has 0 amide bonds. The molecule has 0 saturated heterocycles. The molecule has 1 atom stereocenters. The molecule has 0 fully saturated rings. The quantitative estimate of drug-likeness (QED) is 0.877. The second-order valence-electron chi connectivity index (χ2n) is 5.76. The van der Waals surface area contributed by atoms with Crippen molar-refractivity contribution in [3.05, 3.63) is 65.2 Å². The molecular weight excluding hydrogens is 276 g/mol. The number of hydrogen-bond donors (Lipinski definition) is 1. The number of carbonyl (C=O) groups is 1. The third-order valence-electron chi connectivity index (χ3n) is 3.95. The predicted octanol–water partition coefficient (Wildman–Crippen LogP) is 3.98. The van der Waals surface area contributed by atoms with Gasteiger partial charge in [0.2, 0.25) is 0 Å². The second-order valence-corrected chi connectivity index (χ2v) is 5.76. The lowest BCUT2D eigenvalue weighted by molar-refractivity contribution is -0.143. The van der Waals surface area contributed by atoms with E-state index in [-0.39, 0.29) is 0 Å². The van der Waals surface area contributed by atoms with Crippen molar-refractivity contribution in [2.75, 3.05) is 6.61 Å². The average molecular weight is 298 g/mol. The Morgan fingerprint density at radius 3 is 2.18 bits per heavy atom. The first-order chi connectivity index (χ1) is 10.5. The maximum atomic E-state index is 11.9. The molecule has 1 N–H and O–H groups in total. The van der Waals surface area contributed by atoms with Crippen LogP contribution in [-0.2, 0) is 16.6 Å². The van der Waals surface area contributed by atoms with Crippen molar-refractivity contribution in [2.45, 2.75) is 32.6 Å². The van der Waals surface area contributed by atoms with Gasteiger partial charge >= 0.3 is 5.97 Å². The Morgan fingerprint density at radius 2 is 1.68 bits per heavy atom. The standard InChI is InChI=1S/C19H22O3/c1-4-22-17-11-7-15(8-12-17)13-19(3,18(20)21)16-9-5-14(2)6-10-16/h5-12H,4,13H2,1-3H3,(H,20,21). The molecular formula is C19H22O3. The molecule has 2 aromatic carbocycles. The molecule has 0 radical (unpaired) electrons. The molecule has 0 aliphatic rings. The molecule has 0 heterocycles. The summed E-state index contributed by atoms with van der Waals surface area (Å²) in [6, 6.07) is 15.3. The van der Waals surface area contributed by atoms with Crippen LogP contribution in [0.5, 0.6) is 5.75 Å². The largest absolute Gasteiger partial charge is 0.494 e. The number of ether oxygens (including phenoxy) is 1. The Kier molecular flexibility index (Phi) is 4.86. The molecule has 0 aliphatic carbocycles. The first-order valence-corrected chi connectivity index (χ1v) is 7.48. The Balaban J connectivity index is 2.28. The molecule has 0 saturated carbocycles. The van der Waals surface area contributed by atoms with Crippen LogP contribution in [0.1, 0.15) is 30.5 Å². The molecule has 2 aromatic rings. The van der Waals surface area contributed by atoms with Crippen LogP contribution >= 0.6 is 0 Å². The second kappa shape index (κ2) is 6.65. The van der Waals surface area contributed by atoms with Crippen molar-refractivity contribution in [1.82, 2.24) is 0 Å². The summed E-state index contributed by atoms with van der Waals surface area (Å²) in [6.07, 6.45) is 0.442. The zero-order valence-electron chi connectivity index (χ0n) is 13.3. The van der Waals surface area contributed by atoms with E-state index in [2.05, 4.69) is 0 Å². The molecule has 116 valence electrons. The average Bonchev–Trinajstić information content (AvgIpc) is 2.50. The first-order valence-electron chi connectivity index (χ1n) is 7.48. The fraction of sp³-hybridized carbons (Fsp3) is 0.316. The van der Waals surface area contributed by atoms with E-state index in [0.717, 1.165) is 22.4 Å². The van der Waals surface area contributed by atoms with Crippen molar-refractivity contribution < 1.29 is 14.6 Å². The Morgan fingerprint density at radius 1 is 1.09 bits per heavy atom. The van der Waals surface area contributed by atoms with E-state index < -0.39 is 11.4 Å². The Bertz CT molecular complexity index is 629.